The van der Waals surface area contributed by atoms with E-state index in [2.05, 4.69) is 24.9 Å². The molecule has 0 spiro atoms. The Morgan fingerprint density at radius 3 is 2.20 bits per heavy atom. The lowest BCUT2D eigenvalue weighted by molar-refractivity contribution is -0.250. The number of hydrogen-bond acceptors (Lipinski definition) is 8. The van der Waals surface area contributed by atoms with E-state index in [0.717, 1.165) is 56.6 Å². The number of ether oxygens (including phenoxy) is 2. The molecule has 0 saturated heterocycles. The van der Waals surface area contributed by atoms with Crippen molar-refractivity contribution >= 4 is 0 Å². The van der Waals surface area contributed by atoms with Crippen molar-refractivity contribution in [1.82, 2.24) is 29.5 Å². The van der Waals surface area contributed by atoms with Crippen LogP contribution in [0.15, 0.2) is 49.2 Å². The van der Waals surface area contributed by atoms with E-state index in [-0.39, 0.29) is 33.3 Å². The fraction of sp³-hybridized carbons (Fsp3) is 0.320. The zero-order valence-corrected chi connectivity index (χ0v) is 20.8. The monoisotopic (exact) mass is 566 g/mol. The van der Waals surface area contributed by atoms with Crippen LogP contribution in [0.2, 0.25) is 0 Å². The molecule has 1 saturated carbocycles. The summed E-state index contributed by atoms with van der Waals surface area (Å²) in [5.74, 6) is -1.21. The number of aliphatic hydroxyl groups is 1. The van der Waals surface area contributed by atoms with Gasteiger partial charge in [0.1, 0.15) is 23.4 Å². The lowest BCUT2D eigenvalue weighted by atomic mass is 9.88. The van der Waals surface area contributed by atoms with Gasteiger partial charge in [0.05, 0.1) is 26.1 Å². The van der Waals surface area contributed by atoms with Crippen molar-refractivity contribution in [3.8, 4) is 34.4 Å². The molecule has 0 radical (unpaired) electrons. The number of halogens is 6. The third-order valence-corrected chi connectivity index (χ3v) is 6.43. The highest BCUT2D eigenvalue weighted by molar-refractivity contribution is 5.67. The van der Waals surface area contributed by atoms with Gasteiger partial charge in [-0.1, -0.05) is 24.3 Å². The van der Waals surface area contributed by atoms with Crippen molar-refractivity contribution in [3.63, 3.8) is 0 Å². The maximum absolute atomic E-state index is 14.7. The van der Waals surface area contributed by atoms with E-state index >= 15 is 0 Å². The molecule has 3 heterocycles. The number of aromatic nitrogens is 6. The molecule has 1 unspecified atom stereocenters. The Balaban J connectivity index is 1.67. The molecule has 1 aliphatic carbocycles. The van der Waals surface area contributed by atoms with Gasteiger partial charge in [-0.05, 0) is 18.4 Å². The van der Waals surface area contributed by atoms with Gasteiger partial charge in [0.15, 0.2) is 11.6 Å². The van der Waals surface area contributed by atoms with Gasteiger partial charge in [-0.15, -0.1) is 13.2 Å². The molecule has 210 valence electrons. The predicted octanol–water partition coefficient (Wildman–Crippen LogP) is 4.97. The average molecular weight is 566 g/mol. The van der Waals surface area contributed by atoms with E-state index in [9.17, 15) is 31.4 Å². The molecule has 0 amide bonds. The van der Waals surface area contributed by atoms with Crippen LogP contribution in [0.25, 0.3) is 22.8 Å². The summed E-state index contributed by atoms with van der Waals surface area (Å²) in [6.07, 6.45) is -4.74. The molecule has 0 bridgehead atoms. The first-order valence-electron chi connectivity index (χ1n) is 11.7. The van der Waals surface area contributed by atoms with Gasteiger partial charge in [0.25, 0.3) is 0 Å². The van der Waals surface area contributed by atoms with Crippen molar-refractivity contribution in [1.29, 1.82) is 0 Å². The Kier molecular flexibility index (Phi) is 6.64. The first kappa shape index (κ1) is 27.3. The topological polar surface area (TPSA) is 108 Å². The van der Waals surface area contributed by atoms with Gasteiger partial charge in [0.2, 0.25) is 11.5 Å². The van der Waals surface area contributed by atoms with E-state index < -0.39 is 40.9 Å². The lowest BCUT2D eigenvalue weighted by Crippen LogP contribution is -2.44. The third-order valence-electron chi connectivity index (χ3n) is 6.43. The maximum atomic E-state index is 14.7. The normalized spacial score (nSPS) is 15.5. The van der Waals surface area contributed by atoms with Gasteiger partial charge in [-0.25, -0.2) is 29.5 Å². The van der Waals surface area contributed by atoms with Crippen molar-refractivity contribution < 1.29 is 40.9 Å². The molecular weight excluding hydrogens is 546 g/mol. The molecule has 1 aliphatic rings. The van der Waals surface area contributed by atoms with Crippen molar-refractivity contribution in [2.75, 3.05) is 14.2 Å². The number of hydrogen-bond donors (Lipinski definition) is 1. The first-order chi connectivity index (χ1) is 18.9. The number of alkyl halides is 6. The van der Waals surface area contributed by atoms with Crippen LogP contribution in [0, 0.1) is 0 Å². The summed E-state index contributed by atoms with van der Waals surface area (Å²) in [5, 5.41) is 11.3. The fourth-order valence-electron chi connectivity index (χ4n) is 4.33. The average Bonchev–Trinajstić information content (AvgIpc) is 3.65. The summed E-state index contributed by atoms with van der Waals surface area (Å²) in [6.45, 7) is 0. The zero-order valence-electron chi connectivity index (χ0n) is 20.8. The Labute approximate surface area is 222 Å². The summed E-state index contributed by atoms with van der Waals surface area (Å²) >= 11 is 0. The van der Waals surface area contributed by atoms with Gasteiger partial charge in [-0.3, -0.25) is 0 Å². The van der Waals surface area contributed by atoms with Crippen LogP contribution < -0.4 is 9.47 Å². The molecule has 3 aromatic heterocycles. The second-order valence-electron chi connectivity index (χ2n) is 8.90. The Morgan fingerprint density at radius 1 is 0.925 bits per heavy atom. The van der Waals surface area contributed by atoms with Crippen molar-refractivity contribution in [2.24, 2.45) is 0 Å². The van der Waals surface area contributed by atoms with Gasteiger partial charge in [-0.2, -0.15) is 13.2 Å². The molecule has 0 aliphatic heterocycles. The molecule has 1 fully saturated rings. The molecule has 5 rings (SSSR count). The third kappa shape index (κ3) is 4.59. The van der Waals surface area contributed by atoms with Gasteiger partial charge < -0.3 is 14.6 Å². The highest BCUT2D eigenvalue weighted by Gasteiger charge is 2.59. The number of methoxy groups -OCH3 is 2. The van der Waals surface area contributed by atoms with Crippen LogP contribution in [0.4, 0.5) is 26.3 Å². The van der Waals surface area contributed by atoms with Gasteiger partial charge in [0, 0.05) is 23.9 Å². The second kappa shape index (κ2) is 9.73. The van der Waals surface area contributed by atoms with Crippen LogP contribution in [0.3, 0.4) is 0 Å². The highest BCUT2D eigenvalue weighted by atomic mass is 19.4. The van der Waals surface area contributed by atoms with Crippen LogP contribution in [0.1, 0.15) is 35.7 Å². The Morgan fingerprint density at radius 2 is 1.62 bits per heavy atom. The van der Waals surface area contributed by atoms with E-state index in [4.69, 9.17) is 9.47 Å². The zero-order chi connectivity index (χ0) is 28.9. The number of nitrogens with zero attached hydrogens (tertiary/aromatic N) is 6. The quantitative estimate of drug-likeness (QED) is 0.313. The maximum Gasteiger partial charge on any atom is 0.490 e. The summed E-state index contributed by atoms with van der Waals surface area (Å²) in [4.78, 5) is 20.2. The van der Waals surface area contributed by atoms with Crippen LogP contribution in [-0.2, 0) is 11.9 Å². The Bertz CT molecular complexity index is 1540. The number of imidazole rings is 1. The molecule has 4 aromatic rings. The molecule has 9 nitrogen and oxygen atoms in total. The van der Waals surface area contributed by atoms with Crippen LogP contribution in [0.5, 0.6) is 11.6 Å². The van der Waals surface area contributed by atoms with Crippen LogP contribution >= 0.6 is 0 Å². The molecule has 15 heteroatoms. The standard InChI is InChI=1S/C25H20F6N6O3/c1-39-16-11-33-20(17-18(13-3-4-13)34-12-35-22(17)40-2)36-19(16)23(38,24(26,27)28)15-7-5-14(6-8-15)21-32-9-10-37(21)25(29,30)31/h5-13,38H,3-4H2,1-2H3. The lowest BCUT2D eigenvalue weighted by Gasteiger charge is -2.31. The molecule has 1 N–H and O–H groups in total. The summed E-state index contributed by atoms with van der Waals surface area (Å²) in [5.41, 5.74) is -4.89. The molecule has 1 aromatic carbocycles. The number of rotatable bonds is 7. The first-order valence-corrected chi connectivity index (χ1v) is 11.7. The van der Waals surface area contributed by atoms with Crippen molar-refractivity contribution in [2.45, 2.75) is 36.8 Å². The van der Waals surface area contributed by atoms with E-state index in [1.807, 2.05) is 0 Å². The second-order valence-corrected chi connectivity index (χ2v) is 8.90. The fourth-order valence-corrected chi connectivity index (χ4v) is 4.33. The largest absolute Gasteiger partial charge is 0.493 e. The minimum atomic E-state index is -5.35. The smallest absolute Gasteiger partial charge is 0.490 e. The molecular formula is C25H20F6N6O3. The highest BCUT2D eigenvalue weighted by Crippen LogP contribution is 2.49. The SMILES string of the molecule is COc1cnc(-c2c(OC)ncnc2C2CC2)nc1C(O)(c1ccc(-c2nccn2C(F)(F)F)cc1)C(F)(F)F. The van der Waals surface area contributed by atoms with E-state index in [1.165, 1.54) is 13.4 Å². The minimum Gasteiger partial charge on any atom is -0.493 e. The summed E-state index contributed by atoms with van der Waals surface area (Å²) in [7, 11) is 2.41. The predicted molar refractivity (Wildman–Crippen MR) is 126 cm³/mol. The van der Waals surface area contributed by atoms with Crippen molar-refractivity contribution in [3.05, 3.63) is 66.1 Å². The molecule has 1 atom stereocenters. The summed E-state index contributed by atoms with van der Waals surface area (Å²) < 4.78 is 94.3. The van der Waals surface area contributed by atoms with Gasteiger partial charge >= 0.3 is 12.5 Å². The minimum absolute atomic E-state index is 0.0133. The van der Waals surface area contributed by atoms with E-state index in [0.29, 0.717) is 11.9 Å². The van der Waals surface area contributed by atoms with E-state index in [1.54, 1.807) is 0 Å². The number of benzene rings is 1. The van der Waals surface area contributed by atoms with Crippen LogP contribution in [-0.4, -0.2) is 55.0 Å². The molecule has 40 heavy (non-hydrogen) atoms. The summed E-state index contributed by atoms with van der Waals surface area (Å²) in [6, 6.07) is 3.68. The Hall–Kier alpha value is -4.27.